The van der Waals surface area contributed by atoms with Crippen LogP contribution in [0.1, 0.15) is 19.3 Å². The normalized spacial score (nSPS) is 28.0. The summed E-state index contributed by atoms with van der Waals surface area (Å²) < 4.78 is 1.02. The fraction of sp³-hybridized carbons (Fsp3) is 0.500. The standard InChI is InChI=1S/C14H16BrN3/c15-12-3-1-2-4-13(12)17-14(9-16)7-8-18(10-14)11-5-6-11/h1-4,11,17H,5-8,10H2. The van der Waals surface area contributed by atoms with Crippen LogP contribution in [0.25, 0.3) is 0 Å². The van der Waals surface area contributed by atoms with E-state index in [-0.39, 0.29) is 0 Å². The third-order valence-electron chi connectivity index (χ3n) is 3.82. The minimum absolute atomic E-state index is 0.424. The molecule has 0 aromatic heterocycles. The van der Waals surface area contributed by atoms with Gasteiger partial charge in [0.05, 0.1) is 6.07 Å². The van der Waals surface area contributed by atoms with Crippen molar-refractivity contribution in [3.63, 3.8) is 0 Å². The van der Waals surface area contributed by atoms with Gasteiger partial charge in [0.25, 0.3) is 0 Å². The van der Waals surface area contributed by atoms with Gasteiger partial charge in [0.1, 0.15) is 5.54 Å². The molecule has 1 aliphatic heterocycles. The minimum Gasteiger partial charge on any atom is -0.365 e. The molecule has 1 saturated carbocycles. The minimum atomic E-state index is -0.424. The summed E-state index contributed by atoms with van der Waals surface area (Å²) in [5.41, 5.74) is 0.587. The van der Waals surface area contributed by atoms with E-state index in [1.807, 2.05) is 24.3 Å². The zero-order valence-corrected chi connectivity index (χ0v) is 11.8. The topological polar surface area (TPSA) is 39.1 Å². The lowest BCUT2D eigenvalue weighted by atomic mass is 10.0. The van der Waals surface area contributed by atoms with Gasteiger partial charge in [0, 0.05) is 29.3 Å². The first-order valence-electron chi connectivity index (χ1n) is 6.40. The molecule has 1 atom stereocenters. The summed E-state index contributed by atoms with van der Waals surface area (Å²) in [6, 6.07) is 11.2. The van der Waals surface area contributed by atoms with Gasteiger partial charge < -0.3 is 5.32 Å². The highest BCUT2D eigenvalue weighted by molar-refractivity contribution is 9.10. The van der Waals surface area contributed by atoms with E-state index in [1.54, 1.807) is 0 Å². The Balaban J connectivity index is 1.77. The molecule has 1 saturated heterocycles. The molecule has 0 bridgehead atoms. The van der Waals surface area contributed by atoms with Gasteiger partial charge in [0.15, 0.2) is 0 Å². The monoisotopic (exact) mass is 305 g/mol. The number of halogens is 1. The van der Waals surface area contributed by atoms with Crippen LogP contribution in [0, 0.1) is 11.3 Å². The zero-order valence-electron chi connectivity index (χ0n) is 10.2. The van der Waals surface area contributed by atoms with Crippen molar-refractivity contribution in [1.29, 1.82) is 5.26 Å². The van der Waals surface area contributed by atoms with Gasteiger partial charge >= 0.3 is 0 Å². The highest BCUT2D eigenvalue weighted by Gasteiger charge is 2.43. The summed E-state index contributed by atoms with van der Waals surface area (Å²) in [5.74, 6) is 0. The zero-order chi connectivity index (χ0) is 12.6. The molecular weight excluding hydrogens is 290 g/mol. The van der Waals surface area contributed by atoms with Crippen molar-refractivity contribution in [1.82, 2.24) is 4.90 Å². The SMILES string of the molecule is N#CC1(Nc2ccccc2Br)CCN(C2CC2)C1. The molecule has 1 aliphatic carbocycles. The van der Waals surface area contributed by atoms with E-state index in [4.69, 9.17) is 0 Å². The van der Waals surface area contributed by atoms with Crippen molar-refractivity contribution in [2.24, 2.45) is 0 Å². The van der Waals surface area contributed by atoms with Crippen LogP contribution in [0.3, 0.4) is 0 Å². The molecule has 1 unspecified atom stereocenters. The van der Waals surface area contributed by atoms with Gasteiger partial charge in [-0.1, -0.05) is 12.1 Å². The van der Waals surface area contributed by atoms with Gasteiger partial charge in [0.2, 0.25) is 0 Å². The predicted molar refractivity (Wildman–Crippen MR) is 75.3 cm³/mol. The first-order valence-corrected chi connectivity index (χ1v) is 7.20. The molecular formula is C14H16BrN3. The molecule has 18 heavy (non-hydrogen) atoms. The molecule has 1 heterocycles. The number of nitrogens with one attached hydrogen (secondary N) is 1. The van der Waals surface area contributed by atoms with Gasteiger partial charge in [-0.15, -0.1) is 0 Å². The van der Waals surface area contributed by atoms with E-state index >= 15 is 0 Å². The second-order valence-corrected chi connectivity index (χ2v) is 6.10. The summed E-state index contributed by atoms with van der Waals surface area (Å²) in [7, 11) is 0. The van der Waals surface area contributed by atoms with E-state index in [2.05, 4.69) is 32.2 Å². The third-order valence-corrected chi connectivity index (χ3v) is 4.52. The lowest BCUT2D eigenvalue weighted by Crippen LogP contribution is -2.40. The molecule has 1 N–H and O–H groups in total. The maximum atomic E-state index is 9.53. The molecule has 4 heteroatoms. The van der Waals surface area contributed by atoms with Crippen LogP contribution < -0.4 is 5.32 Å². The maximum Gasteiger partial charge on any atom is 0.139 e. The highest BCUT2D eigenvalue weighted by Crippen LogP contribution is 2.35. The first-order chi connectivity index (χ1) is 8.72. The van der Waals surface area contributed by atoms with Crippen LogP contribution in [-0.4, -0.2) is 29.6 Å². The average molecular weight is 306 g/mol. The van der Waals surface area contributed by atoms with Gasteiger partial charge in [-0.2, -0.15) is 5.26 Å². The Bertz CT molecular complexity index is 492. The predicted octanol–water partition coefficient (Wildman–Crippen LogP) is 2.99. The van der Waals surface area contributed by atoms with Crippen molar-refractivity contribution in [3.8, 4) is 6.07 Å². The van der Waals surface area contributed by atoms with Crippen LogP contribution in [0.15, 0.2) is 28.7 Å². The number of benzene rings is 1. The molecule has 2 fully saturated rings. The Morgan fingerprint density at radius 3 is 2.83 bits per heavy atom. The number of rotatable bonds is 3. The van der Waals surface area contributed by atoms with Crippen LogP contribution in [0.4, 0.5) is 5.69 Å². The van der Waals surface area contributed by atoms with Crippen LogP contribution in [0.2, 0.25) is 0 Å². The fourth-order valence-corrected chi connectivity index (χ4v) is 3.02. The smallest absolute Gasteiger partial charge is 0.139 e. The number of likely N-dealkylation sites (tertiary alicyclic amines) is 1. The van der Waals surface area contributed by atoms with Crippen molar-refractivity contribution in [3.05, 3.63) is 28.7 Å². The molecule has 1 aromatic rings. The largest absolute Gasteiger partial charge is 0.365 e. The van der Waals surface area contributed by atoms with Crippen molar-refractivity contribution in [2.75, 3.05) is 18.4 Å². The summed E-state index contributed by atoms with van der Waals surface area (Å²) in [6.45, 7) is 1.88. The van der Waals surface area contributed by atoms with E-state index in [0.29, 0.717) is 0 Å². The maximum absolute atomic E-state index is 9.53. The summed E-state index contributed by atoms with van der Waals surface area (Å²) >= 11 is 3.53. The first kappa shape index (κ1) is 12.0. The number of nitrogens with zero attached hydrogens (tertiary/aromatic N) is 2. The van der Waals surface area contributed by atoms with E-state index in [1.165, 1.54) is 12.8 Å². The average Bonchev–Trinajstić information content (AvgIpc) is 3.15. The molecule has 0 spiro atoms. The summed E-state index contributed by atoms with van der Waals surface area (Å²) in [6.07, 6.45) is 3.51. The summed E-state index contributed by atoms with van der Waals surface area (Å²) in [4.78, 5) is 2.45. The van der Waals surface area contributed by atoms with Crippen molar-refractivity contribution in [2.45, 2.75) is 30.8 Å². The second kappa shape index (κ2) is 4.56. The number of hydrogen-bond donors (Lipinski definition) is 1. The Hall–Kier alpha value is -1.05. The van der Waals surface area contributed by atoms with Gasteiger partial charge in [-0.05, 0) is 47.3 Å². The van der Waals surface area contributed by atoms with Crippen LogP contribution in [-0.2, 0) is 0 Å². The molecule has 3 rings (SSSR count). The summed E-state index contributed by atoms with van der Waals surface area (Å²) in [5, 5.41) is 13.0. The lowest BCUT2D eigenvalue weighted by Gasteiger charge is -2.25. The van der Waals surface area contributed by atoms with E-state index < -0.39 is 5.54 Å². The third kappa shape index (κ3) is 2.25. The Labute approximate surface area is 116 Å². The number of para-hydroxylation sites is 1. The molecule has 3 nitrogen and oxygen atoms in total. The molecule has 94 valence electrons. The number of anilines is 1. The fourth-order valence-electron chi connectivity index (χ4n) is 2.63. The van der Waals surface area contributed by atoms with E-state index in [9.17, 15) is 5.26 Å². The molecule has 0 radical (unpaired) electrons. The Kier molecular flexibility index (Phi) is 3.04. The van der Waals surface area contributed by atoms with Crippen molar-refractivity contribution >= 4 is 21.6 Å². The Morgan fingerprint density at radius 2 is 2.17 bits per heavy atom. The molecule has 1 aromatic carbocycles. The highest BCUT2D eigenvalue weighted by atomic mass is 79.9. The molecule has 0 amide bonds. The van der Waals surface area contributed by atoms with E-state index in [0.717, 1.165) is 35.7 Å². The second-order valence-electron chi connectivity index (χ2n) is 5.25. The Morgan fingerprint density at radius 1 is 1.39 bits per heavy atom. The van der Waals surface area contributed by atoms with Crippen LogP contribution in [0.5, 0.6) is 0 Å². The molecule has 2 aliphatic rings. The van der Waals surface area contributed by atoms with Gasteiger partial charge in [-0.3, -0.25) is 4.90 Å². The number of nitriles is 1. The number of hydrogen-bond acceptors (Lipinski definition) is 3. The quantitative estimate of drug-likeness (QED) is 0.933. The van der Waals surface area contributed by atoms with Crippen molar-refractivity contribution < 1.29 is 0 Å². The van der Waals surface area contributed by atoms with Crippen LogP contribution >= 0.6 is 15.9 Å². The van der Waals surface area contributed by atoms with Gasteiger partial charge in [-0.25, -0.2) is 0 Å². The lowest BCUT2D eigenvalue weighted by molar-refractivity contribution is 0.319.